The molecule has 3 nitrogen and oxygen atoms in total. The first-order valence-corrected chi connectivity index (χ1v) is 6.85. The minimum absolute atomic E-state index is 0.430. The summed E-state index contributed by atoms with van der Waals surface area (Å²) >= 11 is 0. The normalized spacial score (nSPS) is 17.2. The highest BCUT2D eigenvalue weighted by molar-refractivity contribution is 5.70. The standard InChI is InChI=1S/C15H24N2O/c1-4-18-13-5-7-17(8-6-13)15-10-12(3)11(2)9-14(15)16/h9-10,13H,4-8,16H2,1-3H3. The highest BCUT2D eigenvalue weighted by Gasteiger charge is 2.21. The van der Waals surface area contributed by atoms with Crippen LogP contribution in [-0.4, -0.2) is 25.8 Å². The summed E-state index contributed by atoms with van der Waals surface area (Å²) in [6, 6.07) is 4.30. The molecule has 0 aliphatic carbocycles. The lowest BCUT2D eigenvalue weighted by Crippen LogP contribution is -2.37. The first-order chi connectivity index (χ1) is 8.61. The van der Waals surface area contributed by atoms with Crippen LogP contribution in [0, 0.1) is 13.8 Å². The van der Waals surface area contributed by atoms with Crippen LogP contribution in [0.4, 0.5) is 11.4 Å². The van der Waals surface area contributed by atoms with Crippen LogP contribution in [0.25, 0.3) is 0 Å². The Kier molecular flexibility index (Phi) is 4.12. The first kappa shape index (κ1) is 13.2. The Morgan fingerprint density at radius 2 is 1.83 bits per heavy atom. The van der Waals surface area contributed by atoms with Gasteiger partial charge in [0.2, 0.25) is 0 Å². The number of nitrogens with two attached hydrogens (primary N) is 1. The maximum Gasteiger partial charge on any atom is 0.0608 e. The third kappa shape index (κ3) is 2.78. The average molecular weight is 248 g/mol. The molecular formula is C15H24N2O. The Balaban J connectivity index is 2.07. The van der Waals surface area contributed by atoms with E-state index in [0.717, 1.165) is 38.2 Å². The molecule has 1 aliphatic rings. The molecule has 0 unspecified atom stereocenters. The molecule has 1 saturated heterocycles. The fraction of sp³-hybridized carbons (Fsp3) is 0.600. The third-order valence-corrected chi connectivity index (χ3v) is 3.83. The summed E-state index contributed by atoms with van der Waals surface area (Å²) in [5.74, 6) is 0. The van der Waals surface area contributed by atoms with Crippen molar-refractivity contribution in [3.8, 4) is 0 Å². The topological polar surface area (TPSA) is 38.5 Å². The third-order valence-electron chi connectivity index (χ3n) is 3.83. The van der Waals surface area contributed by atoms with Crippen molar-refractivity contribution in [1.29, 1.82) is 0 Å². The molecule has 1 fully saturated rings. The van der Waals surface area contributed by atoms with Gasteiger partial charge in [-0.1, -0.05) is 0 Å². The molecule has 2 rings (SSSR count). The van der Waals surface area contributed by atoms with Crippen LogP contribution in [0.15, 0.2) is 12.1 Å². The Morgan fingerprint density at radius 1 is 1.22 bits per heavy atom. The summed E-state index contributed by atoms with van der Waals surface area (Å²) in [7, 11) is 0. The maximum atomic E-state index is 6.14. The molecule has 1 aromatic carbocycles. The minimum Gasteiger partial charge on any atom is -0.397 e. The molecule has 0 spiro atoms. The highest BCUT2D eigenvalue weighted by atomic mass is 16.5. The van der Waals surface area contributed by atoms with Crippen molar-refractivity contribution in [2.45, 2.75) is 39.7 Å². The van der Waals surface area contributed by atoms with Gasteiger partial charge in [0.1, 0.15) is 0 Å². The van der Waals surface area contributed by atoms with E-state index in [2.05, 4.69) is 37.8 Å². The predicted molar refractivity (Wildman–Crippen MR) is 77.2 cm³/mol. The molecule has 0 aromatic heterocycles. The van der Waals surface area contributed by atoms with Gasteiger partial charge in [0.05, 0.1) is 17.5 Å². The summed E-state index contributed by atoms with van der Waals surface area (Å²) in [4.78, 5) is 2.39. The molecule has 1 aliphatic heterocycles. The Hall–Kier alpha value is -1.22. The number of hydrogen-bond acceptors (Lipinski definition) is 3. The van der Waals surface area contributed by atoms with E-state index >= 15 is 0 Å². The van der Waals surface area contributed by atoms with Crippen molar-refractivity contribution in [2.75, 3.05) is 30.3 Å². The van der Waals surface area contributed by atoms with E-state index in [4.69, 9.17) is 10.5 Å². The average Bonchev–Trinajstić information content (AvgIpc) is 2.35. The number of hydrogen-bond donors (Lipinski definition) is 1. The molecule has 0 atom stereocenters. The van der Waals surface area contributed by atoms with Gasteiger partial charge >= 0.3 is 0 Å². The van der Waals surface area contributed by atoms with Gasteiger partial charge in [-0.15, -0.1) is 0 Å². The lowest BCUT2D eigenvalue weighted by Gasteiger charge is -2.34. The van der Waals surface area contributed by atoms with Crippen molar-refractivity contribution in [3.05, 3.63) is 23.3 Å². The van der Waals surface area contributed by atoms with Gasteiger partial charge in [-0.2, -0.15) is 0 Å². The maximum absolute atomic E-state index is 6.14. The summed E-state index contributed by atoms with van der Waals surface area (Å²) < 4.78 is 5.68. The van der Waals surface area contributed by atoms with Crippen LogP contribution in [0.5, 0.6) is 0 Å². The number of benzene rings is 1. The molecule has 2 N–H and O–H groups in total. The summed E-state index contributed by atoms with van der Waals surface area (Å²) in [6.07, 6.45) is 2.62. The molecule has 1 aromatic rings. The zero-order chi connectivity index (χ0) is 13.1. The molecule has 0 bridgehead atoms. The summed E-state index contributed by atoms with van der Waals surface area (Å²) in [5.41, 5.74) is 10.8. The van der Waals surface area contributed by atoms with Gasteiger partial charge in [-0.3, -0.25) is 0 Å². The van der Waals surface area contributed by atoms with Gasteiger partial charge in [-0.25, -0.2) is 0 Å². The molecule has 18 heavy (non-hydrogen) atoms. The van der Waals surface area contributed by atoms with Gasteiger partial charge in [-0.05, 0) is 56.9 Å². The van der Waals surface area contributed by atoms with Crippen molar-refractivity contribution >= 4 is 11.4 Å². The fourth-order valence-electron chi connectivity index (χ4n) is 2.60. The van der Waals surface area contributed by atoms with Crippen LogP contribution < -0.4 is 10.6 Å². The van der Waals surface area contributed by atoms with Crippen molar-refractivity contribution in [2.24, 2.45) is 0 Å². The van der Waals surface area contributed by atoms with Crippen LogP contribution in [-0.2, 0) is 4.74 Å². The molecule has 100 valence electrons. The van der Waals surface area contributed by atoms with E-state index in [-0.39, 0.29) is 0 Å². The largest absolute Gasteiger partial charge is 0.397 e. The van der Waals surface area contributed by atoms with Crippen molar-refractivity contribution in [1.82, 2.24) is 0 Å². The number of anilines is 2. The summed E-state index contributed by atoms with van der Waals surface area (Å²) in [6.45, 7) is 9.21. The fourth-order valence-corrected chi connectivity index (χ4v) is 2.60. The quantitative estimate of drug-likeness (QED) is 0.836. The van der Waals surface area contributed by atoms with Gasteiger partial charge < -0.3 is 15.4 Å². The Morgan fingerprint density at radius 3 is 2.44 bits per heavy atom. The molecule has 3 heteroatoms. The predicted octanol–water partition coefficient (Wildman–Crippen LogP) is 2.89. The molecule has 0 saturated carbocycles. The molecule has 1 heterocycles. The second kappa shape index (κ2) is 5.61. The second-order valence-electron chi connectivity index (χ2n) is 5.14. The van der Waals surface area contributed by atoms with Gasteiger partial charge in [0.15, 0.2) is 0 Å². The van der Waals surface area contributed by atoms with E-state index < -0.39 is 0 Å². The van der Waals surface area contributed by atoms with E-state index in [1.165, 1.54) is 16.8 Å². The van der Waals surface area contributed by atoms with Crippen molar-refractivity contribution < 1.29 is 4.74 Å². The zero-order valence-corrected chi connectivity index (χ0v) is 11.7. The van der Waals surface area contributed by atoms with Crippen LogP contribution in [0.3, 0.4) is 0 Å². The summed E-state index contributed by atoms with van der Waals surface area (Å²) in [5, 5.41) is 0. The minimum atomic E-state index is 0.430. The Bertz CT molecular complexity index is 409. The number of rotatable bonds is 3. The monoisotopic (exact) mass is 248 g/mol. The highest BCUT2D eigenvalue weighted by Crippen LogP contribution is 2.29. The lowest BCUT2D eigenvalue weighted by atomic mass is 10.0. The van der Waals surface area contributed by atoms with Crippen LogP contribution in [0.1, 0.15) is 30.9 Å². The lowest BCUT2D eigenvalue weighted by molar-refractivity contribution is 0.0459. The SMILES string of the molecule is CCOC1CCN(c2cc(C)c(C)cc2N)CC1. The number of piperidine rings is 1. The smallest absolute Gasteiger partial charge is 0.0608 e. The van der Waals surface area contributed by atoms with E-state index in [1.807, 2.05) is 0 Å². The van der Waals surface area contributed by atoms with Gasteiger partial charge in [0.25, 0.3) is 0 Å². The van der Waals surface area contributed by atoms with Crippen LogP contribution in [0.2, 0.25) is 0 Å². The van der Waals surface area contributed by atoms with E-state index in [9.17, 15) is 0 Å². The number of nitrogens with zero attached hydrogens (tertiary/aromatic N) is 1. The second-order valence-corrected chi connectivity index (χ2v) is 5.14. The molecule has 0 radical (unpaired) electrons. The Labute approximate surface area is 110 Å². The number of nitrogen functional groups attached to an aromatic ring is 1. The van der Waals surface area contributed by atoms with Crippen LogP contribution >= 0.6 is 0 Å². The van der Waals surface area contributed by atoms with Crippen molar-refractivity contribution in [3.63, 3.8) is 0 Å². The van der Waals surface area contributed by atoms with E-state index in [1.54, 1.807) is 0 Å². The zero-order valence-electron chi connectivity index (χ0n) is 11.7. The van der Waals surface area contributed by atoms with E-state index in [0.29, 0.717) is 6.10 Å². The molecular weight excluding hydrogens is 224 g/mol. The first-order valence-electron chi connectivity index (χ1n) is 6.85. The van der Waals surface area contributed by atoms with Gasteiger partial charge in [0, 0.05) is 19.7 Å². The number of aryl methyl sites for hydroxylation is 2. The molecule has 0 amide bonds. The number of ether oxygens (including phenoxy) is 1.